The molecule has 0 aromatic heterocycles. The van der Waals surface area contributed by atoms with Crippen LogP contribution in [0.4, 0.5) is 13.2 Å². The Morgan fingerprint density at radius 3 is 2.35 bits per heavy atom. The number of alkyl halides is 3. The van der Waals surface area contributed by atoms with E-state index in [1.54, 1.807) is 18.2 Å². The molecule has 0 bridgehead atoms. The van der Waals surface area contributed by atoms with Crippen molar-refractivity contribution in [1.29, 1.82) is 0 Å². The van der Waals surface area contributed by atoms with Gasteiger partial charge in [-0.1, -0.05) is 69.0 Å². The zero-order valence-electron chi connectivity index (χ0n) is 17.9. The van der Waals surface area contributed by atoms with Gasteiger partial charge in [0.15, 0.2) is 10.9 Å². The largest absolute Gasteiger partial charge is 0.399 e. The smallest absolute Gasteiger partial charge is 0.363 e. The molecule has 0 amide bonds. The molecule has 2 N–H and O–H groups in total. The SMILES string of the molecule is CCNC(=S)NCCCC(=O)c1ccc(/C=C/C(c2cc(Cl)c(Cl)c(Cl)c2)C(F)(F)F)cc1Br. The zero-order chi connectivity index (χ0) is 25.5. The first-order valence-electron chi connectivity index (χ1n) is 10.2. The molecule has 1 atom stereocenters. The second kappa shape index (κ2) is 13.1. The highest BCUT2D eigenvalue weighted by atomic mass is 79.9. The number of halogens is 7. The van der Waals surface area contributed by atoms with E-state index < -0.39 is 12.1 Å². The van der Waals surface area contributed by atoms with Gasteiger partial charge in [-0.15, -0.1) is 0 Å². The highest BCUT2D eigenvalue weighted by Gasteiger charge is 2.39. The van der Waals surface area contributed by atoms with Crippen molar-refractivity contribution in [2.24, 2.45) is 0 Å². The minimum atomic E-state index is -4.58. The topological polar surface area (TPSA) is 41.1 Å². The van der Waals surface area contributed by atoms with E-state index >= 15 is 0 Å². The van der Waals surface area contributed by atoms with Crippen LogP contribution in [0.5, 0.6) is 0 Å². The molecule has 0 aliphatic rings. The highest BCUT2D eigenvalue weighted by molar-refractivity contribution is 9.10. The number of thiocarbonyl (C=S) groups is 1. The van der Waals surface area contributed by atoms with Gasteiger partial charge in [-0.05, 0) is 61.0 Å². The molecule has 0 spiro atoms. The maximum absolute atomic E-state index is 13.7. The molecular formula is C23H21BrCl3F3N2OS. The fraction of sp³-hybridized carbons (Fsp3) is 0.304. The Bertz CT molecular complexity index is 1060. The number of benzene rings is 2. The summed E-state index contributed by atoms with van der Waals surface area (Å²) in [5.74, 6) is -2.03. The molecular weight excluding hydrogens is 596 g/mol. The summed E-state index contributed by atoms with van der Waals surface area (Å²) in [6.45, 7) is 3.19. The van der Waals surface area contributed by atoms with Gasteiger partial charge in [-0.25, -0.2) is 0 Å². The van der Waals surface area contributed by atoms with Gasteiger partial charge in [-0.3, -0.25) is 4.79 Å². The minimum absolute atomic E-state index is 0.00251. The molecule has 1 unspecified atom stereocenters. The highest BCUT2D eigenvalue weighted by Crippen LogP contribution is 2.41. The summed E-state index contributed by atoms with van der Waals surface area (Å²) in [6.07, 6.45) is -1.36. The number of allylic oxidation sites excluding steroid dienone is 1. The normalized spacial score (nSPS) is 12.6. The Kier molecular flexibility index (Phi) is 11.2. The first-order chi connectivity index (χ1) is 15.9. The van der Waals surface area contributed by atoms with Gasteiger partial charge in [0.1, 0.15) is 0 Å². The molecule has 3 nitrogen and oxygen atoms in total. The number of rotatable bonds is 9. The number of hydrogen-bond acceptors (Lipinski definition) is 2. The van der Waals surface area contributed by atoms with Crippen LogP contribution < -0.4 is 10.6 Å². The van der Waals surface area contributed by atoms with Crippen molar-refractivity contribution in [2.75, 3.05) is 13.1 Å². The molecule has 0 fully saturated rings. The molecule has 2 rings (SSSR count). The van der Waals surface area contributed by atoms with E-state index in [1.807, 2.05) is 6.92 Å². The van der Waals surface area contributed by atoms with Crippen LogP contribution in [0, 0.1) is 0 Å². The standard InChI is InChI=1S/C23H21BrCl3F3N2OS/c1-2-31-22(34)32-9-3-4-20(33)15-7-5-13(10-17(15)24)6-8-16(23(28,29)30)14-11-18(25)21(27)19(26)12-14/h5-8,10-12,16H,2-4,9H2,1H3,(H2,31,32,34)/b8-6+. The lowest BCUT2D eigenvalue weighted by Crippen LogP contribution is -2.35. The van der Waals surface area contributed by atoms with E-state index in [1.165, 1.54) is 6.08 Å². The van der Waals surface area contributed by atoms with Crippen LogP contribution in [0.3, 0.4) is 0 Å². The molecule has 11 heteroatoms. The zero-order valence-corrected chi connectivity index (χ0v) is 22.6. The van der Waals surface area contributed by atoms with E-state index in [-0.39, 0.29) is 26.4 Å². The van der Waals surface area contributed by atoms with E-state index in [2.05, 4.69) is 26.6 Å². The average molecular weight is 617 g/mol. The Morgan fingerprint density at radius 2 is 1.79 bits per heavy atom. The molecule has 0 saturated carbocycles. The maximum Gasteiger partial charge on any atom is 0.399 e. The number of carbonyl (C=O) groups excluding carboxylic acids is 1. The molecule has 0 heterocycles. The van der Waals surface area contributed by atoms with Crippen LogP contribution in [0.25, 0.3) is 6.08 Å². The van der Waals surface area contributed by atoms with E-state index in [0.29, 0.717) is 46.6 Å². The lowest BCUT2D eigenvalue weighted by atomic mass is 9.96. The monoisotopic (exact) mass is 614 g/mol. The van der Waals surface area contributed by atoms with Crippen LogP contribution in [-0.4, -0.2) is 30.2 Å². The molecule has 0 saturated heterocycles. The number of ketones is 1. The number of Topliss-reactive ketones (excluding diaryl/α,β-unsaturated/α-hetero) is 1. The van der Waals surface area contributed by atoms with Gasteiger partial charge in [0.25, 0.3) is 0 Å². The van der Waals surface area contributed by atoms with E-state index in [9.17, 15) is 18.0 Å². The number of nitrogens with one attached hydrogen (secondary N) is 2. The van der Waals surface area contributed by atoms with Crippen molar-refractivity contribution in [3.63, 3.8) is 0 Å². The van der Waals surface area contributed by atoms with Crippen molar-refractivity contribution in [3.8, 4) is 0 Å². The van der Waals surface area contributed by atoms with Crippen molar-refractivity contribution in [3.05, 3.63) is 72.6 Å². The van der Waals surface area contributed by atoms with Gasteiger partial charge in [-0.2, -0.15) is 13.2 Å². The summed E-state index contributed by atoms with van der Waals surface area (Å²) in [5, 5.41) is 6.38. The van der Waals surface area contributed by atoms with Crippen LogP contribution in [0.2, 0.25) is 15.1 Å². The molecule has 0 aliphatic carbocycles. The summed E-state index contributed by atoms with van der Waals surface area (Å²) >= 11 is 26.1. The minimum Gasteiger partial charge on any atom is -0.363 e. The predicted molar refractivity (Wildman–Crippen MR) is 141 cm³/mol. The Hall–Kier alpha value is -1.32. The summed E-state index contributed by atoms with van der Waals surface area (Å²) in [6, 6.07) is 7.06. The van der Waals surface area contributed by atoms with E-state index in [4.69, 9.17) is 47.0 Å². The maximum atomic E-state index is 13.7. The molecule has 0 radical (unpaired) electrons. The lowest BCUT2D eigenvalue weighted by molar-refractivity contribution is -0.139. The summed E-state index contributed by atoms with van der Waals surface area (Å²) in [4.78, 5) is 12.5. The fourth-order valence-corrected chi connectivity index (χ4v) is 4.52. The van der Waals surface area contributed by atoms with Crippen molar-refractivity contribution in [2.45, 2.75) is 31.9 Å². The Labute approximate surface area is 225 Å². The van der Waals surface area contributed by atoms with E-state index in [0.717, 1.165) is 18.2 Å². The van der Waals surface area contributed by atoms with Gasteiger partial charge in [0.05, 0.1) is 21.0 Å². The van der Waals surface area contributed by atoms with Gasteiger partial charge in [0.2, 0.25) is 0 Å². The number of carbonyl (C=O) groups is 1. The Balaban J connectivity index is 2.12. The van der Waals surface area contributed by atoms with Crippen molar-refractivity contribution < 1.29 is 18.0 Å². The van der Waals surface area contributed by atoms with Gasteiger partial charge < -0.3 is 10.6 Å². The predicted octanol–water partition coefficient (Wildman–Crippen LogP) is 8.22. The molecule has 2 aromatic carbocycles. The second-order valence-electron chi connectivity index (χ2n) is 7.23. The molecule has 34 heavy (non-hydrogen) atoms. The first-order valence-corrected chi connectivity index (χ1v) is 12.5. The van der Waals surface area contributed by atoms with Crippen LogP contribution in [0.1, 0.15) is 47.2 Å². The van der Waals surface area contributed by atoms with Crippen LogP contribution in [0.15, 0.2) is 40.9 Å². The lowest BCUT2D eigenvalue weighted by Gasteiger charge is -2.18. The summed E-state index contributed by atoms with van der Waals surface area (Å²) < 4.78 is 41.7. The Morgan fingerprint density at radius 1 is 1.15 bits per heavy atom. The average Bonchev–Trinajstić information content (AvgIpc) is 2.74. The van der Waals surface area contributed by atoms with Gasteiger partial charge >= 0.3 is 6.18 Å². The number of hydrogen-bond donors (Lipinski definition) is 2. The quantitative estimate of drug-likeness (QED) is 0.129. The van der Waals surface area contributed by atoms with Crippen LogP contribution >= 0.6 is 63.0 Å². The summed E-state index contributed by atoms with van der Waals surface area (Å²) in [7, 11) is 0. The molecule has 184 valence electrons. The third-order valence-electron chi connectivity index (χ3n) is 4.70. The fourth-order valence-electron chi connectivity index (χ4n) is 3.04. The molecule has 0 aliphatic heterocycles. The van der Waals surface area contributed by atoms with Crippen LogP contribution in [-0.2, 0) is 0 Å². The third-order valence-corrected chi connectivity index (χ3v) is 6.84. The van der Waals surface area contributed by atoms with Crippen molar-refractivity contribution in [1.82, 2.24) is 10.6 Å². The molecule has 2 aromatic rings. The van der Waals surface area contributed by atoms with Crippen molar-refractivity contribution >= 4 is 79.9 Å². The first kappa shape index (κ1) is 28.9. The third kappa shape index (κ3) is 8.41. The second-order valence-corrected chi connectivity index (χ2v) is 9.68. The van der Waals surface area contributed by atoms with Gasteiger partial charge in [0, 0.05) is 29.5 Å². The summed E-state index contributed by atoms with van der Waals surface area (Å²) in [5.41, 5.74) is 0.813.